The predicted molar refractivity (Wildman–Crippen MR) is 58.7 cm³/mol. The Morgan fingerprint density at radius 2 is 2.29 bits per heavy atom. The molecular weight excluding hydrogens is 288 g/mol. The van der Waals surface area contributed by atoms with Crippen LogP contribution in [0.3, 0.4) is 0 Å². The second-order valence-corrected chi connectivity index (χ2v) is 6.86. The van der Waals surface area contributed by atoms with Crippen molar-refractivity contribution in [2.24, 2.45) is 5.73 Å². The van der Waals surface area contributed by atoms with E-state index in [0.29, 0.717) is 8.68 Å². The SMILES string of the molecule is NC1CC1NS(=O)(=O)c1sccc1Br. The van der Waals surface area contributed by atoms with Gasteiger partial charge in [-0.25, -0.2) is 13.1 Å². The van der Waals surface area contributed by atoms with E-state index in [-0.39, 0.29) is 12.1 Å². The van der Waals surface area contributed by atoms with Gasteiger partial charge in [-0.1, -0.05) is 0 Å². The van der Waals surface area contributed by atoms with Gasteiger partial charge >= 0.3 is 0 Å². The number of nitrogens with one attached hydrogen (secondary N) is 1. The molecule has 1 saturated carbocycles. The van der Waals surface area contributed by atoms with E-state index < -0.39 is 10.0 Å². The zero-order valence-corrected chi connectivity index (χ0v) is 10.3. The zero-order chi connectivity index (χ0) is 10.3. The average molecular weight is 297 g/mol. The highest BCUT2D eigenvalue weighted by Gasteiger charge is 2.37. The van der Waals surface area contributed by atoms with Gasteiger partial charge < -0.3 is 5.73 Å². The number of sulfonamides is 1. The third-order valence-corrected chi connectivity index (χ3v) is 6.13. The van der Waals surface area contributed by atoms with Gasteiger partial charge in [-0.2, -0.15) is 0 Å². The van der Waals surface area contributed by atoms with E-state index in [4.69, 9.17) is 5.73 Å². The van der Waals surface area contributed by atoms with Crippen molar-refractivity contribution in [1.82, 2.24) is 4.72 Å². The van der Waals surface area contributed by atoms with Gasteiger partial charge in [-0.3, -0.25) is 0 Å². The van der Waals surface area contributed by atoms with Gasteiger partial charge in [0, 0.05) is 16.6 Å². The van der Waals surface area contributed by atoms with Crippen LogP contribution in [0.15, 0.2) is 20.1 Å². The first-order valence-corrected chi connectivity index (χ1v) is 7.17. The minimum atomic E-state index is -3.38. The minimum Gasteiger partial charge on any atom is -0.326 e. The molecule has 1 aromatic heterocycles. The normalized spacial score (nSPS) is 26.4. The molecule has 0 bridgehead atoms. The highest BCUT2D eigenvalue weighted by Crippen LogP contribution is 2.29. The van der Waals surface area contributed by atoms with Crippen LogP contribution in [0.1, 0.15) is 6.42 Å². The van der Waals surface area contributed by atoms with Crippen LogP contribution in [0.2, 0.25) is 0 Å². The van der Waals surface area contributed by atoms with Crippen molar-refractivity contribution in [2.45, 2.75) is 22.7 Å². The maximum Gasteiger partial charge on any atom is 0.251 e. The number of halogens is 1. The molecule has 4 nitrogen and oxygen atoms in total. The first kappa shape index (κ1) is 10.6. The van der Waals surface area contributed by atoms with Crippen LogP contribution < -0.4 is 10.5 Å². The van der Waals surface area contributed by atoms with Gasteiger partial charge in [0.15, 0.2) is 0 Å². The van der Waals surface area contributed by atoms with Crippen molar-refractivity contribution in [3.8, 4) is 0 Å². The van der Waals surface area contributed by atoms with Crippen molar-refractivity contribution in [3.63, 3.8) is 0 Å². The zero-order valence-electron chi connectivity index (χ0n) is 7.10. The lowest BCUT2D eigenvalue weighted by atomic mass is 10.7. The summed E-state index contributed by atoms with van der Waals surface area (Å²) >= 11 is 4.38. The quantitative estimate of drug-likeness (QED) is 0.870. The van der Waals surface area contributed by atoms with Crippen LogP contribution in [-0.2, 0) is 10.0 Å². The van der Waals surface area contributed by atoms with Crippen LogP contribution in [0.25, 0.3) is 0 Å². The standard InChI is InChI=1S/C7H9BrN2O2S2/c8-4-1-2-13-7(4)14(11,12)10-6-3-5(6)9/h1-2,5-6,10H,3,9H2. The van der Waals surface area contributed by atoms with Crippen molar-refractivity contribution in [2.75, 3.05) is 0 Å². The van der Waals surface area contributed by atoms with Crippen molar-refractivity contribution in [3.05, 3.63) is 15.9 Å². The molecule has 0 aliphatic heterocycles. The molecule has 0 spiro atoms. The van der Waals surface area contributed by atoms with Gasteiger partial charge in [0.25, 0.3) is 10.0 Å². The molecule has 1 aromatic rings. The fourth-order valence-corrected chi connectivity index (χ4v) is 4.73. The first-order chi connectivity index (χ1) is 6.50. The summed E-state index contributed by atoms with van der Waals surface area (Å²) in [5, 5.41) is 1.73. The van der Waals surface area contributed by atoms with E-state index in [0.717, 1.165) is 6.42 Å². The topological polar surface area (TPSA) is 72.2 Å². The summed E-state index contributed by atoms with van der Waals surface area (Å²) in [6, 6.07) is 1.60. The highest BCUT2D eigenvalue weighted by atomic mass is 79.9. The smallest absolute Gasteiger partial charge is 0.251 e. The van der Waals surface area contributed by atoms with Crippen LogP contribution in [-0.4, -0.2) is 20.5 Å². The molecule has 1 aliphatic rings. The molecule has 1 fully saturated rings. The minimum absolute atomic E-state index is 0.0245. The molecule has 2 rings (SSSR count). The maximum absolute atomic E-state index is 11.7. The molecule has 7 heteroatoms. The number of hydrogen-bond donors (Lipinski definition) is 2. The molecule has 0 amide bonds. The Balaban J connectivity index is 2.20. The first-order valence-electron chi connectivity index (χ1n) is 4.01. The monoisotopic (exact) mass is 296 g/mol. The van der Waals surface area contributed by atoms with E-state index in [1.54, 1.807) is 11.4 Å². The Labute approximate surface area is 94.7 Å². The molecule has 14 heavy (non-hydrogen) atoms. The van der Waals surface area contributed by atoms with Gasteiger partial charge in [0.2, 0.25) is 0 Å². The van der Waals surface area contributed by atoms with Crippen molar-refractivity contribution in [1.29, 1.82) is 0 Å². The van der Waals surface area contributed by atoms with E-state index in [1.165, 1.54) is 11.3 Å². The fraction of sp³-hybridized carbons (Fsp3) is 0.429. The Kier molecular flexibility index (Phi) is 2.69. The number of nitrogens with two attached hydrogens (primary N) is 1. The lowest BCUT2D eigenvalue weighted by Gasteiger charge is -2.03. The van der Waals surface area contributed by atoms with Crippen LogP contribution in [0.4, 0.5) is 0 Å². The highest BCUT2D eigenvalue weighted by molar-refractivity contribution is 9.10. The summed E-state index contributed by atoms with van der Waals surface area (Å²) < 4.78 is 26.9. The van der Waals surface area contributed by atoms with Crippen molar-refractivity contribution < 1.29 is 8.42 Å². The summed E-state index contributed by atoms with van der Waals surface area (Å²) in [7, 11) is -3.38. The largest absolute Gasteiger partial charge is 0.326 e. The number of hydrogen-bond acceptors (Lipinski definition) is 4. The number of thiophene rings is 1. The molecule has 3 N–H and O–H groups in total. The van der Waals surface area contributed by atoms with E-state index >= 15 is 0 Å². The fourth-order valence-electron chi connectivity index (χ4n) is 1.07. The maximum atomic E-state index is 11.7. The summed E-state index contributed by atoms with van der Waals surface area (Å²) in [5.41, 5.74) is 5.53. The van der Waals surface area contributed by atoms with Gasteiger partial charge in [-0.05, 0) is 33.8 Å². The second kappa shape index (κ2) is 3.57. The molecule has 0 saturated heterocycles. The molecule has 0 radical (unpaired) electrons. The van der Waals surface area contributed by atoms with Crippen LogP contribution in [0, 0.1) is 0 Å². The van der Waals surface area contributed by atoms with Crippen molar-refractivity contribution >= 4 is 37.3 Å². The molecule has 1 aliphatic carbocycles. The summed E-state index contributed by atoms with van der Waals surface area (Å²) in [4.78, 5) is 0. The Morgan fingerprint density at radius 3 is 2.71 bits per heavy atom. The number of rotatable bonds is 3. The van der Waals surface area contributed by atoms with E-state index in [2.05, 4.69) is 20.7 Å². The van der Waals surface area contributed by atoms with E-state index in [9.17, 15) is 8.42 Å². The van der Waals surface area contributed by atoms with Gasteiger partial charge in [0.05, 0.1) is 0 Å². The Morgan fingerprint density at radius 1 is 1.64 bits per heavy atom. The Hall–Kier alpha value is 0.0500. The summed E-state index contributed by atoms with van der Waals surface area (Å²) in [5.74, 6) is 0. The molecule has 0 aromatic carbocycles. The van der Waals surface area contributed by atoms with E-state index in [1.807, 2.05) is 0 Å². The average Bonchev–Trinajstić information content (AvgIpc) is 2.62. The summed E-state index contributed by atoms with van der Waals surface area (Å²) in [6.45, 7) is 0. The lowest BCUT2D eigenvalue weighted by molar-refractivity contribution is 0.581. The molecular formula is C7H9BrN2O2S2. The second-order valence-electron chi connectivity index (χ2n) is 3.18. The summed E-state index contributed by atoms with van der Waals surface area (Å²) in [6.07, 6.45) is 0.724. The van der Waals surface area contributed by atoms with Gasteiger partial charge in [-0.15, -0.1) is 11.3 Å². The molecule has 2 unspecified atom stereocenters. The van der Waals surface area contributed by atoms with Crippen LogP contribution >= 0.6 is 27.3 Å². The van der Waals surface area contributed by atoms with Crippen LogP contribution in [0.5, 0.6) is 0 Å². The lowest BCUT2D eigenvalue weighted by Crippen LogP contribution is -2.29. The molecule has 2 atom stereocenters. The van der Waals surface area contributed by atoms with Gasteiger partial charge in [0.1, 0.15) is 4.21 Å². The third-order valence-electron chi connectivity index (χ3n) is 1.97. The third kappa shape index (κ3) is 2.01. The Bertz CT molecular complexity index is 442. The molecule has 1 heterocycles. The predicted octanol–water partition coefficient (Wildman–Crippen LogP) is 0.888. The molecule has 78 valence electrons.